The van der Waals surface area contributed by atoms with E-state index in [4.69, 9.17) is 11.6 Å². The Balaban J connectivity index is 2.24. The van der Waals surface area contributed by atoms with Crippen LogP contribution in [0.25, 0.3) is 11.3 Å². The van der Waals surface area contributed by atoms with Gasteiger partial charge in [-0.05, 0) is 5.56 Å². The predicted molar refractivity (Wildman–Crippen MR) is 76.1 cm³/mol. The van der Waals surface area contributed by atoms with Crippen LogP contribution in [0.15, 0.2) is 46.2 Å². The summed E-state index contributed by atoms with van der Waals surface area (Å²) in [5.41, 5.74) is 11.6. The fourth-order valence-corrected chi connectivity index (χ4v) is 3.16. The first-order valence-corrected chi connectivity index (χ1v) is 6.78. The standard InChI is InChI=1S/C13H13N5S/c14-9-6-10-12(16-7-19-10)13(17-18-15)11(9)8-4-2-1-3-5-8/h1-5,7,9H,6,14H2,(H2,15,17). The molecular weight excluding hydrogens is 258 g/mol. The van der Waals surface area contributed by atoms with Crippen LogP contribution < -0.4 is 11.6 Å². The first-order chi connectivity index (χ1) is 9.31. The zero-order valence-corrected chi connectivity index (χ0v) is 11.0. The zero-order chi connectivity index (χ0) is 13.2. The Hall–Kier alpha value is -2.05. The summed E-state index contributed by atoms with van der Waals surface area (Å²) >= 11 is 1.59. The molecule has 0 radical (unpaired) electrons. The molecule has 0 saturated heterocycles. The van der Waals surface area contributed by atoms with E-state index in [0.29, 0.717) is 5.70 Å². The number of aromatic nitrogens is 1. The van der Waals surface area contributed by atoms with Crippen molar-refractivity contribution in [3.8, 4) is 0 Å². The lowest BCUT2D eigenvalue weighted by molar-refractivity contribution is 0.819. The highest BCUT2D eigenvalue weighted by molar-refractivity contribution is 7.09. The maximum absolute atomic E-state index is 6.28. The Morgan fingerprint density at radius 1 is 1.26 bits per heavy atom. The summed E-state index contributed by atoms with van der Waals surface area (Å²) in [7, 11) is 0. The normalized spacial score (nSPS) is 18.9. The summed E-state index contributed by atoms with van der Waals surface area (Å²) in [5.74, 6) is 5.23. The van der Waals surface area contributed by atoms with Crippen LogP contribution in [0.5, 0.6) is 0 Å². The van der Waals surface area contributed by atoms with E-state index in [1.54, 1.807) is 16.8 Å². The van der Waals surface area contributed by atoms with Gasteiger partial charge in [-0.2, -0.15) is 0 Å². The lowest BCUT2D eigenvalue weighted by Crippen LogP contribution is -2.28. The summed E-state index contributed by atoms with van der Waals surface area (Å²) in [5, 5.41) is 7.48. The molecule has 1 aliphatic carbocycles. The number of benzene rings is 1. The largest absolute Gasteiger partial charge is 0.324 e. The van der Waals surface area contributed by atoms with E-state index >= 15 is 0 Å². The van der Waals surface area contributed by atoms with Crippen molar-refractivity contribution >= 4 is 22.6 Å². The SMILES string of the molecule is NN=NC1=C(c2ccccc2)C(N)Cc2scnc21. The van der Waals surface area contributed by atoms with Crippen molar-refractivity contribution < 1.29 is 0 Å². The molecule has 1 atom stereocenters. The summed E-state index contributed by atoms with van der Waals surface area (Å²) in [6, 6.07) is 9.83. The van der Waals surface area contributed by atoms with Gasteiger partial charge in [0, 0.05) is 22.9 Å². The molecule has 96 valence electrons. The van der Waals surface area contributed by atoms with Crippen molar-refractivity contribution in [2.24, 2.45) is 21.9 Å². The molecule has 5 nitrogen and oxygen atoms in total. The van der Waals surface area contributed by atoms with Crippen LogP contribution >= 0.6 is 11.3 Å². The van der Waals surface area contributed by atoms with Crippen LogP contribution in [-0.4, -0.2) is 11.0 Å². The van der Waals surface area contributed by atoms with Crippen molar-refractivity contribution in [1.29, 1.82) is 0 Å². The number of nitrogens with zero attached hydrogens (tertiary/aromatic N) is 3. The van der Waals surface area contributed by atoms with Crippen molar-refractivity contribution in [3.63, 3.8) is 0 Å². The lowest BCUT2D eigenvalue weighted by Gasteiger charge is -2.22. The van der Waals surface area contributed by atoms with Gasteiger partial charge in [0.25, 0.3) is 0 Å². The van der Waals surface area contributed by atoms with E-state index in [9.17, 15) is 0 Å². The summed E-state index contributed by atoms with van der Waals surface area (Å²) < 4.78 is 0. The molecule has 19 heavy (non-hydrogen) atoms. The van der Waals surface area contributed by atoms with Crippen molar-refractivity contribution in [2.45, 2.75) is 12.5 Å². The van der Waals surface area contributed by atoms with E-state index in [1.165, 1.54) is 0 Å². The average molecular weight is 271 g/mol. The molecule has 3 rings (SSSR count). The van der Waals surface area contributed by atoms with Crippen LogP contribution in [0.4, 0.5) is 0 Å². The second-order valence-electron chi connectivity index (χ2n) is 4.28. The van der Waals surface area contributed by atoms with Gasteiger partial charge in [0.05, 0.1) is 5.51 Å². The van der Waals surface area contributed by atoms with Gasteiger partial charge in [0.2, 0.25) is 0 Å². The predicted octanol–water partition coefficient (Wildman–Crippen LogP) is 2.22. The first-order valence-electron chi connectivity index (χ1n) is 5.90. The molecule has 1 aliphatic rings. The van der Waals surface area contributed by atoms with Gasteiger partial charge in [-0.25, -0.2) is 4.98 Å². The molecule has 6 heteroatoms. The van der Waals surface area contributed by atoms with Crippen LogP contribution in [0.1, 0.15) is 16.1 Å². The topological polar surface area (TPSA) is 89.6 Å². The summed E-state index contributed by atoms with van der Waals surface area (Å²) in [6.07, 6.45) is 0.772. The molecular formula is C13H13N5S. The molecule has 1 aromatic heterocycles. The Morgan fingerprint density at radius 2 is 2.05 bits per heavy atom. The average Bonchev–Trinajstić information content (AvgIpc) is 2.88. The van der Waals surface area contributed by atoms with E-state index in [1.807, 2.05) is 30.3 Å². The second-order valence-corrected chi connectivity index (χ2v) is 5.22. The summed E-state index contributed by atoms with van der Waals surface area (Å²) in [6.45, 7) is 0. The quantitative estimate of drug-likeness (QED) is 0.498. The van der Waals surface area contributed by atoms with Crippen LogP contribution in [0.2, 0.25) is 0 Å². The third-order valence-corrected chi connectivity index (χ3v) is 3.99. The maximum Gasteiger partial charge on any atom is 0.120 e. The third-order valence-electron chi connectivity index (χ3n) is 3.14. The number of nitrogens with two attached hydrogens (primary N) is 2. The van der Waals surface area contributed by atoms with Crippen LogP contribution in [0, 0.1) is 0 Å². The molecule has 0 fully saturated rings. The number of thiazole rings is 1. The number of hydrogen-bond acceptors (Lipinski definition) is 5. The first kappa shape index (κ1) is 12.0. The molecule has 4 N–H and O–H groups in total. The van der Waals surface area contributed by atoms with Crippen LogP contribution in [-0.2, 0) is 6.42 Å². The lowest BCUT2D eigenvalue weighted by atomic mass is 9.89. The van der Waals surface area contributed by atoms with Gasteiger partial charge in [-0.1, -0.05) is 35.6 Å². The molecule has 1 unspecified atom stereocenters. The molecule has 0 spiro atoms. The molecule has 1 aromatic carbocycles. The molecule has 1 heterocycles. The fraction of sp³-hybridized carbons (Fsp3) is 0.154. The molecule has 0 bridgehead atoms. The Morgan fingerprint density at radius 3 is 2.79 bits per heavy atom. The summed E-state index contributed by atoms with van der Waals surface area (Å²) in [4.78, 5) is 5.50. The zero-order valence-electron chi connectivity index (χ0n) is 10.2. The Labute approximate surface area is 114 Å². The van der Waals surface area contributed by atoms with Gasteiger partial charge in [-0.3, -0.25) is 0 Å². The molecule has 0 amide bonds. The minimum absolute atomic E-state index is 0.115. The van der Waals surface area contributed by atoms with Gasteiger partial charge in [-0.15, -0.1) is 16.5 Å². The fourth-order valence-electron chi connectivity index (χ4n) is 2.34. The highest BCUT2D eigenvalue weighted by Gasteiger charge is 2.28. The van der Waals surface area contributed by atoms with E-state index in [2.05, 4.69) is 15.3 Å². The molecule has 2 aromatic rings. The van der Waals surface area contributed by atoms with Gasteiger partial charge >= 0.3 is 0 Å². The number of rotatable bonds is 2. The highest BCUT2D eigenvalue weighted by atomic mass is 32.1. The van der Waals surface area contributed by atoms with Gasteiger partial charge < -0.3 is 11.6 Å². The van der Waals surface area contributed by atoms with Crippen molar-refractivity contribution in [1.82, 2.24) is 4.98 Å². The molecule has 0 saturated carbocycles. The maximum atomic E-state index is 6.28. The molecule has 0 aliphatic heterocycles. The minimum atomic E-state index is -0.115. The smallest absolute Gasteiger partial charge is 0.120 e. The van der Waals surface area contributed by atoms with Crippen molar-refractivity contribution in [3.05, 3.63) is 52.0 Å². The van der Waals surface area contributed by atoms with Crippen molar-refractivity contribution in [2.75, 3.05) is 0 Å². The highest BCUT2D eigenvalue weighted by Crippen LogP contribution is 2.37. The third kappa shape index (κ3) is 2.05. The number of hydrogen-bond donors (Lipinski definition) is 2. The number of fused-ring (bicyclic) bond motifs is 1. The van der Waals surface area contributed by atoms with Gasteiger partial charge in [0.15, 0.2) is 0 Å². The second kappa shape index (κ2) is 4.91. The van der Waals surface area contributed by atoms with E-state index in [0.717, 1.165) is 28.1 Å². The Kier molecular flexibility index (Phi) is 3.10. The van der Waals surface area contributed by atoms with Crippen LogP contribution in [0.3, 0.4) is 0 Å². The Bertz CT molecular complexity index is 644. The van der Waals surface area contributed by atoms with E-state index in [-0.39, 0.29) is 6.04 Å². The van der Waals surface area contributed by atoms with E-state index < -0.39 is 0 Å². The monoisotopic (exact) mass is 271 g/mol. The minimum Gasteiger partial charge on any atom is -0.324 e. The van der Waals surface area contributed by atoms with Gasteiger partial charge in [0.1, 0.15) is 11.4 Å².